The van der Waals surface area contributed by atoms with Crippen LogP contribution in [0.1, 0.15) is 39.4 Å². The van der Waals surface area contributed by atoms with Gasteiger partial charge in [0.25, 0.3) is 5.91 Å². The molecule has 6 heteroatoms. The Bertz CT molecular complexity index is 747. The maximum Gasteiger partial charge on any atom is 0.252 e. The summed E-state index contributed by atoms with van der Waals surface area (Å²) in [6, 6.07) is 6.88. The van der Waals surface area contributed by atoms with Crippen molar-refractivity contribution in [2.45, 2.75) is 39.2 Å². The molecule has 2 heterocycles. The van der Waals surface area contributed by atoms with Crippen LogP contribution in [0.4, 0.5) is 0 Å². The predicted molar refractivity (Wildman–Crippen MR) is 88.7 cm³/mol. The summed E-state index contributed by atoms with van der Waals surface area (Å²) in [5.74, 6) is 0.499. The molecule has 2 aromatic rings. The maximum absolute atomic E-state index is 12.3. The van der Waals surface area contributed by atoms with E-state index in [0.29, 0.717) is 18.5 Å². The van der Waals surface area contributed by atoms with Gasteiger partial charge in [0.1, 0.15) is 11.8 Å². The Hall–Kier alpha value is -2.63. The van der Waals surface area contributed by atoms with Crippen LogP contribution in [0.2, 0.25) is 0 Å². The van der Waals surface area contributed by atoms with Gasteiger partial charge in [-0.25, -0.2) is 0 Å². The average molecular weight is 327 g/mol. The van der Waals surface area contributed by atoms with Gasteiger partial charge in [0.15, 0.2) is 0 Å². The molecule has 0 saturated carbocycles. The first-order valence-corrected chi connectivity index (χ1v) is 8.14. The van der Waals surface area contributed by atoms with Gasteiger partial charge in [-0.3, -0.25) is 9.59 Å². The molecular weight excluding hydrogens is 306 g/mol. The van der Waals surface area contributed by atoms with Gasteiger partial charge in [0.05, 0.1) is 5.69 Å². The van der Waals surface area contributed by atoms with Gasteiger partial charge in [0, 0.05) is 24.1 Å². The van der Waals surface area contributed by atoms with E-state index in [4.69, 9.17) is 4.52 Å². The number of aromatic nitrogens is 1. The summed E-state index contributed by atoms with van der Waals surface area (Å²) in [5, 5.41) is 9.59. The normalized spacial score (nSPS) is 16.4. The molecule has 0 aliphatic carbocycles. The number of nitrogens with one attached hydrogen (secondary N) is 2. The molecule has 126 valence electrons. The van der Waals surface area contributed by atoms with Crippen LogP contribution in [-0.4, -0.2) is 29.6 Å². The Morgan fingerprint density at radius 2 is 2.17 bits per heavy atom. The van der Waals surface area contributed by atoms with E-state index in [9.17, 15) is 9.59 Å². The van der Waals surface area contributed by atoms with Gasteiger partial charge in [-0.2, -0.15) is 0 Å². The van der Waals surface area contributed by atoms with Crippen LogP contribution in [0.3, 0.4) is 0 Å². The number of amides is 2. The second kappa shape index (κ2) is 6.86. The molecule has 1 atom stereocenters. The lowest BCUT2D eigenvalue weighted by molar-refractivity contribution is -0.123. The summed E-state index contributed by atoms with van der Waals surface area (Å²) < 4.78 is 5.13. The lowest BCUT2D eigenvalue weighted by atomic mass is 9.95. The minimum atomic E-state index is -0.508. The van der Waals surface area contributed by atoms with Gasteiger partial charge < -0.3 is 15.2 Å². The standard InChI is InChI=1S/C18H21N3O3/c1-11-14(12(2)24-21-11)8-5-9-19-18(23)16-10-13-6-3-4-7-15(13)17(22)20-16/h3-4,6-7,16H,5,8-10H2,1-2H3,(H,19,23)(H,20,22)/t16-/m0/s1. The van der Waals surface area contributed by atoms with Crippen molar-refractivity contribution >= 4 is 11.8 Å². The van der Waals surface area contributed by atoms with E-state index in [-0.39, 0.29) is 11.8 Å². The van der Waals surface area contributed by atoms with Crippen LogP contribution in [0.15, 0.2) is 28.8 Å². The summed E-state index contributed by atoms with van der Waals surface area (Å²) in [7, 11) is 0. The largest absolute Gasteiger partial charge is 0.361 e. The zero-order valence-corrected chi connectivity index (χ0v) is 13.9. The van der Waals surface area contributed by atoms with Crippen molar-refractivity contribution in [3.63, 3.8) is 0 Å². The Kier molecular flexibility index (Phi) is 4.64. The summed E-state index contributed by atoms with van der Waals surface area (Å²) >= 11 is 0. The Balaban J connectivity index is 1.50. The first kappa shape index (κ1) is 16.2. The fraction of sp³-hybridized carbons (Fsp3) is 0.389. The van der Waals surface area contributed by atoms with Crippen LogP contribution < -0.4 is 10.6 Å². The van der Waals surface area contributed by atoms with Crippen LogP contribution in [-0.2, 0) is 17.6 Å². The number of hydrogen-bond donors (Lipinski definition) is 2. The number of benzene rings is 1. The Morgan fingerprint density at radius 1 is 1.38 bits per heavy atom. The van der Waals surface area contributed by atoms with E-state index in [1.807, 2.05) is 32.0 Å². The van der Waals surface area contributed by atoms with Gasteiger partial charge >= 0.3 is 0 Å². The molecule has 1 aromatic heterocycles. The van der Waals surface area contributed by atoms with Gasteiger partial charge in [0.2, 0.25) is 5.91 Å². The zero-order valence-electron chi connectivity index (χ0n) is 13.9. The number of carbonyl (C=O) groups excluding carboxylic acids is 2. The van der Waals surface area contributed by atoms with Crippen molar-refractivity contribution in [3.8, 4) is 0 Å². The average Bonchev–Trinajstić information content (AvgIpc) is 2.90. The minimum absolute atomic E-state index is 0.142. The fourth-order valence-corrected chi connectivity index (χ4v) is 3.04. The number of nitrogens with zero attached hydrogens (tertiary/aromatic N) is 1. The summed E-state index contributed by atoms with van der Waals surface area (Å²) in [4.78, 5) is 24.3. The van der Waals surface area contributed by atoms with Gasteiger partial charge in [-0.15, -0.1) is 0 Å². The van der Waals surface area contributed by atoms with Crippen molar-refractivity contribution in [1.82, 2.24) is 15.8 Å². The van der Waals surface area contributed by atoms with E-state index < -0.39 is 6.04 Å². The van der Waals surface area contributed by atoms with E-state index in [0.717, 1.165) is 35.4 Å². The van der Waals surface area contributed by atoms with Crippen molar-refractivity contribution in [3.05, 3.63) is 52.4 Å². The molecule has 1 aromatic carbocycles. The second-order valence-electron chi connectivity index (χ2n) is 6.08. The van der Waals surface area contributed by atoms with Crippen LogP contribution in [0, 0.1) is 13.8 Å². The molecule has 0 bridgehead atoms. The quantitative estimate of drug-likeness (QED) is 0.819. The first-order valence-electron chi connectivity index (χ1n) is 8.14. The third-order valence-corrected chi connectivity index (χ3v) is 4.39. The highest BCUT2D eigenvalue weighted by molar-refractivity contribution is 6.00. The summed E-state index contributed by atoms with van der Waals surface area (Å²) in [6.45, 7) is 4.36. The molecule has 24 heavy (non-hydrogen) atoms. The molecule has 3 rings (SSSR count). The Morgan fingerprint density at radius 3 is 2.92 bits per heavy atom. The highest BCUT2D eigenvalue weighted by Crippen LogP contribution is 2.17. The lowest BCUT2D eigenvalue weighted by Gasteiger charge is -2.24. The summed E-state index contributed by atoms with van der Waals surface area (Å²) in [5.41, 5.74) is 3.57. The summed E-state index contributed by atoms with van der Waals surface area (Å²) in [6.07, 6.45) is 2.13. The monoisotopic (exact) mass is 327 g/mol. The van der Waals surface area contributed by atoms with Crippen molar-refractivity contribution in [2.24, 2.45) is 0 Å². The van der Waals surface area contributed by atoms with Gasteiger partial charge in [-0.05, 0) is 38.3 Å². The fourth-order valence-electron chi connectivity index (χ4n) is 3.04. The topological polar surface area (TPSA) is 84.2 Å². The molecule has 6 nitrogen and oxygen atoms in total. The second-order valence-corrected chi connectivity index (χ2v) is 6.08. The number of rotatable bonds is 5. The van der Waals surface area contributed by atoms with E-state index in [1.165, 1.54) is 0 Å². The van der Waals surface area contributed by atoms with Crippen LogP contribution in [0.25, 0.3) is 0 Å². The molecule has 0 saturated heterocycles. The highest BCUT2D eigenvalue weighted by atomic mass is 16.5. The van der Waals surface area contributed by atoms with Gasteiger partial charge in [-0.1, -0.05) is 23.4 Å². The van der Waals surface area contributed by atoms with Crippen LogP contribution in [0.5, 0.6) is 0 Å². The molecule has 1 aliphatic rings. The molecule has 2 amide bonds. The smallest absolute Gasteiger partial charge is 0.252 e. The van der Waals surface area contributed by atoms with Crippen LogP contribution >= 0.6 is 0 Å². The molecule has 0 unspecified atom stereocenters. The molecule has 0 spiro atoms. The molecular formula is C18H21N3O3. The number of hydrogen-bond acceptors (Lipinski definition) is 4. The third-order valence-electron chi connectivity index (χ3n) is 4.39. The SMILES string of the molecule is Cc1noc(C)c1CCCNC(=O)[C@@H]1Cc2ccccc2C(=O)N1. The Labute approximate surface area is 140 Å². The van der Waals surface area contributed by atoms with Crippen molar-refractivity contribution in [2.75, 3.05) is 6.54 Å². The molecule has 0 radical (unpaired) electrons. The number of carbonyl (C=O) groups is 2. The minimum Gasteiger partial charge on any atom is -0.361 e. The number of fused-ring (bicyclic) bond motifs is 1. The molecule has 2 N–H and O–H groups in total. The third kappa shape index (κ3) is 3.32. The van der Waals surface area contributed by atoms with Crippen molar-refractivity contribution < 1.29 is 14.1 Å². The van der Waals surface area contributed by atoms with E-state index in [2.05, 4.69) is 15.8 Å². The predicted octanol–water partition coefficient (Wildman–Crippen LogP) is 1.69. The molecule has 0 fully saturated rings. The zero-order chi connectivity index (χ0) is 17.1. The lowest BCUT2D eigenvalue weighted by Crippen LogP contribution is -2.51. The van der Waals surface area contributed by atoms with E-state index in [1.54, 1.807) is 6.07 Å². The number of aryl methyl sites for hydroxylation is 2. The van der Waals surface area contributed by atoms with E-state index >= 15 is 0 Å². The highest BCUT2D eigenvalue weighted by Gasteiger charge is 2.28. The van der Waals surface area contributed by atoms with Crippen molar-refractivity contribution in [1.29, 1.82) is 0 Å². The maximum atomic E-state index is 12.3. The first-order chi connectivity index (χ1) is 11.6. The molecule has 1 aliphatic heterocycles.